The quantitative estimate of drug-likeness (QED) is 0.667. The van der Waals surface area contributed by atoms with Crippen molar-refractivity contribution in [2.75, 3.05) is 16.4 Å². The summed E-state index contributed by atoms with van der Waals surface area (Å²) in [5.41, 5.74) is 9.17. The molecular weight excluding hydrogens is 324 g/mol. The molecule has 0 amide bonds. The SMILES string of the molecule is Cc1ccccc1Nc1ncnc(NC2CC(C)(C)NC(C)(C)C2)c1N. The minimum absolute atomic E-state index is 0.0590. The number of nitrogens with two attached hydrogens (primary N) is 1. The number of piperidine rings is 1. The van der Waals surface area contributed by atoms with Crippen molar-refractivity contribution in [3.63, 3.8) is 0 Å². The molecule has 1 saturated heterocycles. The van der Waals surface area contributed by atoms with E-state index in [1.165, 1.54) is 0 Å². The second kappa shape index (κ2) is 6.76. The molecule has 0 radical (unpaired) electrons. The van der Waals surface area contributed by atoms with Crippen LogP contribution >= 0.6 is 0 Å². The van der Waals surface area contributed by atoms with Gasteiger partial charge in [0.2, 0.25) is 0 Å². The van der Waals surface area contributed by atoms with E-state index in [9.17, 15) is 0 Å². The Kier molecular flexibility index (Phi) is 4.80. The maximum absolute atomic E-state index is 6.37. The van der Waals surface area contributed by atoms with Crippen LogP contribution in [0.25, 0.3) is 0 Å². The normalized spacial score (nSPS) is 19.1. The summed E-state index contributed by atoms with van der Waals surface area (Å²) in [6.45, 7) is 11.0. The fourth-order valence-electron chi connectivity index (χ4n) is 4.07. The van der Waals surface area contributed by atoms with Gasteiger partial charge in [0, 0.05) is 22.8 Å². The number of hydrogen-bond donors (Lipinski definition) is 4. The number of para-hydroxylation sites is 1. The summed E-state index contributed by atoms with van der Waals surface area (Å²) in [5, 5.41) is 10.6. The molecule has 0 saturated carbocycles. The third-order valence-corrected chi connectivity index (χ3v) is 4.81. The van der Waals surface area contributed by atoms with Crippen molar-refractivity contribution in [1.29, 1.82) is 0 Å². The van der Waals surface area contributed by atoms with Gasteiger partial charge in [0.25, 0.3) is 0 Å². The third kappa shape index (κ3) is 4.25. The number of aromatic nitrogens is 2. The highest BCUT2D eigenvalue weighted by Gasteiger charge is 2.37. The van der Waals surface area contributed by atoms with E-state index in [2.05, 4.69) is 66.6 Å². The van der Waals surface area contributed by atoms with Gasteiger partial charge in [0.1, 0.15) is 12.0 Å². The topological polar surface area (TPSA) is 87.9 Å². The molecule has 2 aromatic rings. The van der Waals surface area contributed by atoms with Crippen LogP contribution in [0, 0.1) is 6.92 Å². The zero-order valence-electron chi connectivity index (χ0n) is 16.4. The van der Waals surface area contributed by atoms with Gasteiger partial charge in [-0.1, -0.05) is 18.2 Å². The molecule has 140 valence electrons. The first-order valence-electron chi connectivity index (χ1n) is 9.14. The molecule has 6 heteroatoms. The van der Waals surface area contributed by atoms with Gasteiger partial charge in [0.05, 0.1) is 0 Å². The number of hydrogen-bond acceptors (Lipinski definition) is 6. The summed E-state index contributed by atoms with van der Waals surface area (Å²) < 4.78 is 0. The van der Waals surface area contributed by atoms with E-state index in [-0.39, 0.29) is 11.1 Å². The molecule has 1 aromatic carbocycles. The van der Waals surface area contributed by atoms with Gasteiger partial charge in [0.15, 0.2) is 11.6 Å². The van der Waals surface area contributed by atoms with Gasteiger partial charge in [-0.25, -0.2) is 9.97 Å². The molecule has 0 unspecified atom stereocenters. The molecule has 3 rings (SSSR count). The number of nitrogens with zero attached hydrogens (tertiary/aromatic N) is 2. The van der Waals surface area contributed by atoms with Crippen molar-refractivity contribution < 1.29 is 0 Å². The molecule has 6 nitrogen and oxygen atoms in total. The minimum Gasteiger partial charge on any atom is -0.393 e. The summed E-state index contributed by atoms with van der Waals surface area (Å²) in [7, 11) is 0. The van der Waals surface area contributed by atoms with Crippen LogP contribution in [0.5, 0.6) is 0 Å². The first kappa shape index (κ1) is 18.5. The maximum Gasteiger partial charge on any atom is 0.159 e. The maximum atomic E-state index is 6.37. The third-order valence-electron chi connectivity index (χ3n) is 4.81. The molecule has 1 aliphatic rings. The second-order valence-electron chi connectivity index (χ2n) is 8.57. The standard InChI is InChI=1S/C20H30N6/c1-13-8-6-7-9-15(13)25-18-16(21)17(22-12-23-18)24-14-10-19(2,3)26-20(4,5)11-14/h6-9,12,14,26H,10-11,21H2,1-5H3,(H2,22,23,24,25). The van der Waals surface area contributed by atoms with Crippen LogP contribution < -0.4 is 21.7 Å². The minimum atomic E-state index is 0.0590. The highest BCUT2D eigenvalue weighted by molar-refractivity contribution is 5.78. The van der Waals surface area contributed by atoms with Crippen LogP contribution in [0.2, 0.25) is 0 Å². The summed E-state index contributed by atoms with van der Waals surface area (Å²) in [6, 6.07) is 8.37. The average Bonchev–Trinajstić information content (AvgIpc) is 2.50. The van der Waals surface area contributed by atoms with E-state index in [1.54, 1.807) is 6.33 Å². The van der Waals surface area contributed by atoms with E-state index in [0.29, 0.717) is 23.4 Å². The summed E-state index contributed by atoms with van der Waals surface area (Å²) >= 11 is 0. The van der Waals surface area contributed by atoms with Gasteiger partial charge < -0.3 is 21.7 Å². The smallest absolute Gasteiger partial charge is 0.159 e. The molecule has 0 aliphatic carbocycles. The Morgan fingerprint density at radius 2 is 1.65 bits per heavy atom. The average molecular weight is 355 g/mol. The number of benzene rings is 1. The van der Waals surface area contributed by atoms with Gasteiger partial charge in [-0.05, 0) is 59.1 Å². The first-order chi connectivity index (χ1) is 12.2. The lowest BCUT2D eigenvalue weighted by Crippen LogP contribution is -2.60. The predicted octanol–water partition coefficient (Wildman–Crippen LogP) is 3.83. The van der Waals surface area contributed by atoms with Crippen molar-refractivity contribution in [2.45, 2.75) is 64.6 Å². The Morgan fingerprint density at radius 1 is 1.04 bits per heavy atom. The van der Waals surface area contributed by atoms with E-state index in [4.69, 9.17) is 5.73 Å². The van der Waals surface area contributed by atoms with Crippen molar-refractivity contribution >= 4 is 23.0 Å². The summed E-state index contributed by atoms with van der Waals surface area (Å²) in [5.74, 6) is 1.32. The number of rotatable bonds is 4. The van der Waals surface area contributed by atoms with Gasteiger partial charge in [-0.3, -0.25) is 0 Å². The van der Waals surface area contributed by atoms with Gasteiger partial charge >= 0.3 is 0 Å². The molecule has 2 heterocycles. The molecule has 0 atom stereocenters. The van der Waals surface area contributed by atoms with Crippen molar-refractivity contribution in [3.05, 3.63) is 36.2 Å². The van der Waals surface area contributed by atoms with E-state index < -0.39 is 0 Å². The Labute approximate surface area is 156 Å². The van der Waals surface area contributed by atoms with Crippen LogP contribution in [-0.2, 0) is 0 Å². The lowest BCUT2D eigenvalue weighted by molar-refractivity contribution is 0.170. The Bertz CT molecular complexity index is 768. The van der Waals surface area contributed by atoms with Crippen LogP contribution in [0.3, 0.4) is 0 Å². The Balaban J connectivity index is 1.80. The van der Waals surface area contributed by atoms with Crippen LogP contribution in [0.15, 0.2) is 30.6 Å². The van der Waals surface area contributed by atoms with E-state index >= 15 is 0 Å². The Hall–Kier alpha value is -2.34. The molecular formula is C20H30N6. The largest absolute Gasteiger partial charge is 0.393 e. The molecule has 5 N–H and O–H groups in total. The Morgan fingerprint density at radius 3 is 2.31 bits per heavy atom. The van der Waals surface area contributed by atoms with Crippen molar-refractivity contribution in [3.8, 4) is 0 Å². The van der Waals surface area contributed by atoms with Crippen molar-refractivity contribution in [2.24, 2.45) is 0 Å². The first-order valence-corrected chi connectivity index (χ1v) is 9.14. The van der Waals surface area contributed by atoms with Gasteiger partial charge in [-0.2, -0.15) is 0 Å². The molecule has 1 aromatic heterocycles. The second-order valence-corrected chi connectivity index (χ2v) is 8.57. The van der Waals surface area contributed by atoms with Crippen molar-refractivity contribution in [1.82, 2.24) is 15.3 Å². The van der Waals surface area contributed by atoms with E-state index in [1.807, 2.05) is 18.2 Å². The molecule has 0 bridgehead atoms. The monoisotopic (exact) mass is 354 g/mol. The predicted molar refractivity (Wildman–Crippen MR) is 109 cm³/mol. The van der Waals surface area contributed by atoms with Crippen LogP contribution in [0.1, 0.15) is 46.1 Å². The number of nitrogens with one attached hydrogen (secondary N) is 3. The zero-order valence-corrected chi connectivity index (χ0v) is 16.4. The lowest BCUT2D eigenvalue weighted by atomic mass is 9.79. The molecule has 0 spiro atoms. The molecule has 1 fully saturated rings. The number of anilines is 4. The highest BCUT2D eigenvalue weighted by atomic mass is 15.1. The fraction of sp³-hybridized carbons (Fsp3) is 0.500. The summed E-state index contributed by atoms with van der Waals surface area (Å²) in [6.07, 6.45) is 3.55. The number of aryl methyl sites for hydroxylation is 1. The van der Waals surface area contributed by atoms with E-state index in [0.717, 1.165) is 24.1 Å². The fourth-order valence-corrected chi connectivity index (χ4v) is 4.07. The number of nitrogen functional groups attached to an aromatic ring is 1. The zero-order chi connectivity index (χ0) is 18.9. The lowest BCUT2D eigenvalue weighted by Gasteiger charge is -2.46. The highest BCUT2D eigenvalue weighted by Crippen LogP contribution is 2.33. The van der Waals surface area contributed by atoms with Crippen LogP contribution in [0.4, 0.5) is 23.0 Å². The molecule has 26 heavy (non-hydrogen) atoms. The summed E-state index contributed by atoms with van der Waals surface area (Å²) in [4.78, 5) is 8.71. The van der Waals surface area contributed by atoms with Crippen LogP contribution in [-0.4, -0.2) is 27.1 Å². The molecule has 1 aliphatic heterocycles. The van der Waals surface area contributed by atoms with Gasteiger partial charge in [-0.15, -0.1) is 0 Å².